The van der Waals surface area contributed by atoms with Crippen LogP contribution in [0.5, 0.6) is 0 Å². The predicted octanol–water partition coefficient (Wildman–Crippen LogP) is 4.34. The Morgan fingerprint density at radius 1 is 1.14 bits per heavy atom. The number of hydrogen-bond donors (Lipinski definition) is 1. The van der Waals surface area contributed by atoms with E-state index in [9.17, 15) is 0 Å². The summed E-state index contributed by atoms with van der Waals surface area (Å²) in [6.07, 6.45) is 3.81. The lowest BCUT2D eigenvalue weighted by Gasteiger charge is -2.19. The third-order valence-electron chi connectivity index (χ3n) is 3.47. The van der Waals surface area contributed by atoms with Gasteiger partial charge >= 0.3 is 0 Å². The highest BCUT2D eigenvalue weighted by Gasteiger charge is 2.20. The van der Waals surface area contributed by atoms with E-state index in [-0.39, 0.29) is 6.04 Å². The van der Waals surface area contributed by atoms with Crippen LogP contribution in [0, 0.1) is 0 Å². The molecule has 1 aromatic carbocycles. The maximum absolute atomic E-state index is 6.39. The van der Waals surface area contributed by atoms with Crippen molar-refractivity contribution in [2.45, 2.75) is 13.0 Å². The van der Waals surface area contributed by atoms with Crippen LogP contribution in [0.25, 0.3) is 5.52 Å². The molecule has 0 aliphatic carbocycles. The van der Waals surface area contributed by atoms with Crippen molar-refractivity contribution in [2.24, 2.45) is 0 Å². The first-order chi connectivity index (χ1) is 10.2. The Hall–Kier alpha value is -1.55. The molecule has 0 saturated heterocycles. The average Bonchev–Trinajstić information content (AvgIpc) is 2.92. The molecule has 3 nitrogen and oxygen atoms in total. The molecule has 2 heterocycles. The Morgan fingerprint density at radius 2 is 2.00 bits per heavy atom. The van der Waals surface area contributed by atoms with Gasteiger partial charge in [0.25, 0.3) is 0 Å². The van der Waals surface area contributed by atoms with E-state index in [2.05, 4.69) is 17.3 Å². The van der Waals surface area contributed by atoms with E-state index in [1.807, 2.05) is 47.2 Å². The van der Waals surface area contributed by atoms with Crippen molar-refractivity contribution in [3.05, 3.63) is 70.0 Å². The molecule has 0 radical (unpaired) electrons. The largest absolute Gasteiger partial charge is 0.306 e. The summed E-state index contributed by atoms with van der Waals surface area (Å²) in [4.78, 5) is 0. The summed E-state index contributed by atoms with van der Waals surface area (Å²) >= 11 is 12.5. The average molecular weight is 320 g/mol. The molecule has 0 aliphatic rings. The second-order valence-corrected chi connectivity index (χ2v) is 5.55. The SMILES string of the molecule is CCNC(c1cccc(Cl)c1Cl)c1cnn2ccccc12. The fourth-order valence-corrected chi connectivity index (χ4v) is 2.93. The van der Waals surface area contributed by atoms with Gasteiger partial charge in [-0.05, 0) is 30.3 Å². The second kappa shape index (κ2) is 6.06. The van der Waals surface area contributed by atoms with Gasteiger partial charge in [0.2, 0.25) is 0 Å². The van der Waals surface area contributed by atoms with Crippen molar-refractivity contribution in [2.75, 3.05) is 6.54 Å². The topological polar surface area (TPSA) is 29.3 Å². The first kappa shape index (κ1) is 14.4. The lowest BCUT2D eigenvalue weighted by molar-refractivity contribution is 0.634. The molecule has 0 fully saturated rings. The zero-order chi connectivity index (χ0) is 14.8. The van der Waals surface area contributed by atoms with Gasteiger partial charge in [-0.25, -0.2) is 4.52 Å². The van der Waals surface area contributed by atoms with Gasteiger partial charge in [0.05, 0.1) is 27.8 Å². The van der Waals surface area contributed by atoms with Crippen LogP contribution >= 0.6 is 23.2 Å². The minimum atomic E-state index is -0.0406. The van der Waals surface area contributed by atoms with Gasteiger partial charge in [-0.2, -0.15) is 5.10 Å². The summed E-state index contributed by atoms with van der Waals surface area (Å²) in [5.41, 5.74) is 3.10. The van der Waals surface area contributed by atoms with E-state index in [1.54, 1.807) is 6.07 Å². The number of fused-ring (bicyclic) bond motifs is 1. The van der Waals surface area contributed by atoms with Crippen LogP contribution in [-0.2, 0) is 0 Å². The van der Waals surface area contributed by atoms with Gasteiger partial charge in [-0.1, -0.05) is 48.3 Å². The number of aromatic nitrogens is 2. The van der Waals surface area contributed by atoms with Crippen LogP contribution in [0.3, 0.4) is 0 Å². The lowest BCUT2D eigenvalue weighted by Crippen LogP contribution is -2.22. The number of rotatable bonds is 4. The van der Waals surface area contributed by atoms with E-state index in [0.717, 1.165) is 23.2 Å². The predicted molar refractivity (Wildman–Crippen MR) is 87.2 cm³/mol. The summed E-state index contributed by atoms with van der Waals surface area (Å²) in [6.45, 7) is 2.88. The molecule has 1 atom stereocenters. The molecule has 1 N–H and O–H groups in total. The molecule has 0 spiro atoms. The summed E-state index contributed by atoms with van der Waals surface area (Å²) in [5, 5.41) is 9.01. The molecule has 3 rings (SSSR count). The van der Waals surface area contributed by atoms with Crippen LogP contribution in [0.2, 0.25) is 10.0 Å². The van der Waals surface area contributed by atoms with E-state index >= 15 is 0 Å². The summed E-state index contributed by atoms with van der Waals surface area (Å²) in [6, 6.07) is 11.7. The van der Waals surface area contributed by atoms with Crippen LogP contribution in [0.1, 0.15) is 24.1 Å². The Labute approximate surface area is 133 Å². The third kappa shape index (κ3) is 2.64. The number of nitrogens with zero attached hydrogens (tertiary/aromatic N) is 2. The normalized spacial score (nSPS) is 12.7. The smallest absolute Gasteiger partial charge is 0.0712 e. The maximum atomic E-state index is 6.39. The Balaban J connectivity index is 2.16. The zero-order valence-corrected chi connectivity index (χ0v) is 13.1. The monoisotopic (exact) mass is 319 g/mol. The molecule has 0 bridgehead atoms. The number of halogens is 2. The van der Waals surface area contributed by atoms with Crippen molar-refractivity contribution >= 4 is 28.7 Å². The van der Waals surface area contributed by atoms with Crippen LogP contribution < -0.4 is 5.32 Å². The molecule has 0 saturated carbocycles. The van der Waals surface area contributed by atoms with E-state index in [1.165, 1.54) is 0 Å². The van der Waals surface area contributed by atoms with Crippen molar-refractivity contribution in [1.29, 1.82) is 0 Å². The van der Waals surface area contributed by atoms with Gasteiger partial charge in [0.15, 0.2) is 0 Å². The number of nitrogens with one attached hydrogen (secondary N) is 1. The molecule has 0 amide bonds. The summed E-state index contributed by atoms with van der Waals surface area (Å²) in [7, 11) is 0. The maximum Gasteiger partial charge on any atom is 0.0712 e. The number of hydrogen-bond acceptors (Lipinski definition) is 2. The Bertz CT molecular complexity index is 767. The highest BCUT2D eigenvalue weighted by molar-refractivity contribution is 6.42. The molecule has 2 aromatic heterocycles. The van der Waals surface area contributed by atoms with Gasteiger partial charge in [0, 0.05) is 11.8 Å². The van der Waals surface area contributed by atoms with Crippen LogP contribution in [-0.4, -0.2) is 16.2 Å². The Morgan fingerprint density at radius 3 is 2.81 bits per heavy atom. The lowest BCUT2D eigenvalue weighted by atomic mass is 9.99. The fourth-order valence-electron chi connectivity index (χ4n) is 2.51. The molecule has 3 aromatic rings. The van der Waals surface area contributed by atoms with E-state index in [4.69, 9.17) is 23.2 Å². The highest BCUT2D eigenvalue weighted by atomic mass is 35.5. The molecule has 21 heavy (non-hydrogen) atoms. The van der Waals surface area contributed by atoms with Gasteiger partial charge in [0.1, 0.15) is 0 Å². The van der Waals surface area contributed by atoms with Crippen molar-refractivity contribution < 1.29 is 0 Å². The van der Waals surface area contributed by atoms with Crippen molar-refractivity contribution in [3.8, 4) is 0 Å². The van der Waals surface area contributed by atoms with Gasteiger partial charge in [-0.15, -0.1) is 0 Å². The standard InChI is InChI=1S/C16H15Cl2N3/c1-2-19-16(11-6-5-7-13(17)15(11)18)12-10-20-21-9-4-3-8-14(12)21/h3-10,16,19H,2H2,1H3. The van der Waals surface area contributed by atoms with Crippen LogP contribution in [0.4, 0.5) is 0 Å². The third-order valence-corrected chi connectivity index (χ3v) is 4.30. The first-order valence-electron chi connectivity index (χ1n) is 6.82. The highest BCUT2D eigenvalue weighted by Crippen LogP contribution is 2.34. The minimum Gasteiger partial charge on any atom is -0.306 e. The van der Waals surface area contributed by atoms with Crippen molar-refractivity contribution in [1.82, 2.24) is 14.9 Å². The van der Waals surface area contributed by atoms with Crippen LogP contribution in [0.15, 0.2) is 48.8 Å². The fraction of sp³-hybridized carbons (Fsp3) is 0.188. The first-order valence-corrected chi connectivity index (χ1v) is 7.57. The molecular formula is C16H15Cl2N3. The Kier molecular flexibility index (Phi) is 4.15. The molecule has 1 unspecified atom stereocenters. The van der Waals surface area contributed by atoms with Gasteiger partial charge in [-0.3, -0.25) is 0 Å². The quantitative estimate of drug-likeness (QED) is 0.775. The molecule has 0 aliphatic heterocycles. The number of benzene rings is 1. The second-order valence-electron chi connectivity index (χ2n) is 4.76. The minimum absolute atomic E-state index is 0.0406. The van der Waals surface area contributed by atoms with Gasteiger partial charge < -0.3 is 5.32 Å². The van der Waals surface area contributed by atoms with E-state index < -0.39 is 0 Å². The summed E-state index contributed by atoms with van der Waals surface area (Å²) < 4.78 is 1.86. The number of pyridine rings is 1. The zero-order valence-electron chi connectivity index (χ0n) is 11.6. The van der Waals surface area contributed by atoms with E-state index in [0.29, 0.717) is 10.0 Å². The van der Waals surface area contributed by atoms with Crippen molar-refractivity contribution in [3.63, 3.8) is 0 Å². The summed E-state index contributed by atoms with van der Waals surface area (Å²) in [5.74, 6) is 0. The molecular weight excluding hydrogens is 305 g/mol. The molecule has 108 valence electrons. The molecule has 5 heteroatoms.